The van der Waals surface area contributed by atoms with E-state index in [1.165, 1.54) is 5.56 Å². The SMILES string of the molecule is CCN[C@H](C)CNC(=O)CCc1cccc(Br)c1.Cl. The van der Waals surface area contributed by atoms with Crippen LogP contribution in [0.25, 0.3) is 0 Å². The third kappa shape index (κ3) is 8.24. The Morgan fingerprint density at radius 1 is 1.42 bits per heavy atom. The number of hydrogen-bond acceptors (Lipinski definition) is 2. The van der Waals surface area contributed by atoms with Gasteiger partial charge in [-0.1, -0.05) is 35.0 Å². The summed E-state index contributed by atoms with van der Waals surface area (Å²) in [6.45, 7) is 5.74. The van der Waals surface area contributed by atoms with Crippen molar-refractivity contribution < 1.29 is 4.79 Å². The van der Waals surface area contributed by atoms with Crippen molar-refractivity contribution in [3.63, 3.8) is 0 Å². The van der Waals surface area contributed by atoms with E-state index in [0.717, 1.165) is 17.4 Å². The molecule has 1 aromatic carbocycles. The average molecular weight is 350 g/mol. The molecule has 0 fully saturated rings. The van der Waals surface area contributed by atoms with E-state index >= 15 is 0 Å². The van der Waals surface area contributed by atoms with Crippen molar-refractivity contribution in [3.8, 4) is 0 Å². The van der Waals surface area contributed by atoms with Crippen molar-refractivity contribution in [2.75, 3.05) is 13.1 Å². The van der Waals surface area contributed by atoms with Crippen LogP contribution in [0.2, 0.25) is 0 Å². The highest BCUT2D eigenvalue weighted by molar-refractivity contribution is 9.10. The monoisotopic (exact) mass is 348 g/mol. The van der Waals surface area contributed by atoms with Gasteiger partial charge in [0.05, 0.1) is 0 Å². The molecular weight excluding hydrogens is 328 g/mol. The summed E-state index contributed by atoms with van der Waals surface area (Å²) in [7, 11) is 0. The molecule has 1 atom stereocenters. The molecule has 0 heterocycles. The van der Waals surface area contributed by atoms with Gasteiger partial charge in [-0.15, -0.1) is 12.4 Å². The molecule has 1 amide bonds. The smallest absolute Gasteiger partial charge is 0.220 e. The van der Waals surface area contributed by atoms with E-state index in [1.807, 2.05) is 18.2 Å². The van der Waals surface area contributed by atoms with Gasteiger partial charge in [0.25, 0.3) is 0 Å². The van der Waals surface area contributed by atoms with Crippen LogP contribution < -0.4 is 10.6 Å². The molecule has 1 rings (SSSR count). The number of hydrogen-bond donors (Lipinski definition) is 2. The fourth-order valence-corrected chi connectivity index (χ4v) is 2.17. The van der Waals surface area contributed by atoms with Crippen LogP contribution >= 0.6 is 28.3 Å². The summed E-state index contributed by atoms with van der Waals surface area (Å²) >= 11 is 3.43. The number of nitrogens with one attached hydrogen (secondary N) is 2. The van der Waals surface area contributed by atoms with E-state index in [0.29, 0.717) is 19.0 Å². The number of amides is 1. The van der Waals surface area contributed by atoms with Crippen molar-refractivity contribution in [1.82, 2.24) is 10.6 Å². The minimum atomic E-state index is 0. The van der Waals surface area contributed by atoms with Gasteiger partial charge in [-0.2, -0.15) is 0 Å². The lowest BCUT2D eigenvalue weighted by molar-refractivity contribution is -0.121. The summed E-state index contributed by atoms with van der Waals surface area (Å²) in [5.41, 5.74) is 1.18. The van der Waals surface area contributed by atoms with Crippen LogP contribution in [0.5, 0.6) is 0 Å². The number of halogens is 2. The van der Waals surface area contributed by atoms with Crippen molar-refractivity contribution in [2.24, 2.45) is 0 Å². The summed E-state index contributed by atoms with van der Waals surface area (Å²) in [4.78, 5) is 11.7. The van der Waals surface area contributed by atoms with Gasteiger partial charge in [-0.05, 0) is 37.6 Å². The van der Waals surface area contributed by atoms with Crippen molar-refractivity contribution in [2.45, 2.75) is 32.7 Å². The van der Waals surface area contributed by atoms with Gasteiger partial charge < -0.3 is 10.6 Å². The standard InChI is InChI=1S/C14H21BrN2O.ClH/c1-3-16-11(2)10-17-14(18)8-7-12-5-4-6-13(15)9-12;/h4-6,9,11,16H,3,7-8,10H2,1-2H3,(H,17,18);1H/t11-;/m1./s1. The molecule has 2 N–H and O–H groups in total. The average Bonchev–Trinajstić information content (AvgIpc) is 2.34. The quantitative estimate of drug-likeness (QED) is 0.794. The predicted octanol–water partition coefficient (Wildman–Crippen LogP) is 2.92. The third-order valence-corrected chi connectivity index (χ3v) is 3.18. The van der Waals surface area contributed by atoms with Crippen LogP contribution in [0.1, 0.15) is 25.8 Å². The first kappa shape index (κ1) is 18.4. The first-order valence-electron chi connectivity index (χ1n) is 6.36. The Bertz CT molecular complexity index is 387. The number of carbonyl (C=O) groups excluding carboxylic acids is 1. The minimum absolute atomic E-state index is 0. The lowest BCUT2D eigenvalue weighted by Crippen LogP contribution is -2.38. The van der Waals surface area contributed by atoms with Crippen LogP contribution in [0.15, 0.2) is 28.7 Å². The van der Waals surface area contributed by atoms with Crippen molar-refractivity contribution in [1.29, 1.82) is 0 Å². The van der Waals surface area contributed by atoms with Gasteiger partial charge in [0.15, 0.2) is 0 Å². The Balaban J connectivity index is 0.00000324. The Morgan fingerprint density at radius 3 is 2.79 bits per heavy atom. The third-order valence-electron chi connectivity index (χ3n) is 2.69. The molecular formula is C14H22BrClN2O. The normalized spacial score (nSPS) is 11.5. The molecule has 0 aliphatic rings. The molecule has 0 saturated heterocycles. The molecule has 108 valence electrons. The van der Waals surface area contributed by atoms with Crippen LogP contribution in [0.3, 0.4) is 0 Å². The van der Waals surface area contributed by atoms with Gasteiger partial charge in [0.2, 0.25) is 5.91 Å². The van der Waals surface area contributed by atoms with E-state index in [4.69, 9.17) is 0 Å². The molecule has 0 spiro atoms. The fourth-order valence-electron chi connectivity index (χ4n) is 1.73. The summed E-state index contributed by atoms with van der Waals surface area (Å²) in [5, 5.41) is 6.20. The molecule has 0 unspecified atom stereocenters. The summed E-state index contributed by atoms with van der Waals surface area (Å²) in [5.74, 6) is 0.111. The molecule has 0 bridgehead atoms. The summed E-state index contributed by atoms with van der Waals surface area (Å²) in [6, 6.07) is 8.39. The molecule has 19 heavy (non-hydrogen) atoms. The van der Waals surface area contributed by atoms with Gasteiger partial charge in [0.1, 0.15) is 0 Å². The van der Waals surface area contributed by atoms with E-state index in [1.54, 1.807) is 0 Å². The first-order valence-corrected chi connectivity index (χ1v) is 7.15. The molecule has 0 aliphatic heterocycles. The Hall–Kier alpha value is -0.580. The summed E-state index contributed by atoms with van der Waals surface area (Å²) in [6.07, 6.45) is 1.32. The molecule has 1 aromatic rings. The molecule has 5 heteroatoms. The van der Waals surface area contributed by atoms with Crippen molar-refractivity contribution >= 4 is 34.2 Å². The highest BCUT2D eigenvalue weighted by Crippen LogP contribution is 2.12. The number of rotatable bonds is 7. The summed E-state index contributed by atoms with van der Waals surface area (Å²) < 4.78 is 1.06. The first-order chi connectivity index (χ1) is 8.61. The second-order valence-corrected chi connectivity index (χ2v) is 5.31. The molecule has 3 nitrogen and oxygen atoms in total. The van der Waals surface area contributed by atoms with Gasteiger partial charge in [-0.25, -0.2) is 0 Å². The second kappa shape index (κ2) is 10.2. The van der Waals surface area contributed by atoms with Crippen LogP contribution in [-0.2, 0) is 11.2 Å². The highest BCUT2D eigenvalue weighted by atomic mass is 79.9. The topological polar surface area (TPSA) is 41.1 Å². The van der Waals surface area contributed by atoms with Crippen molar-refractivity contribution in [3.05, 3.63) is 34.3 Å². The van der Waals surface area contributed by atoms with Gasteiger partial charge >= 0.3 is 0 Å². The van der Waals surface area contributed by atoms with Crippen LogP contribution in [0, 0.1) is 0 Å². The zero-order chi connectivity index (χ0) is 13.4. The second-order valence-electron chi connectivity index (χ2n) is 4.39. The fraction of sp³-hybridized carbons (Fsp3) is 0.500. The zero-order valence-electron chi connectivity index (χ0n) is 11.4. The number of aryl methyl sites for hydroxylation is 1. The molecule has 0 aromatic heterocycles. The van der Waals surface area contributed by atoms with Crippen LogP contribution in [0.4, 0.5) is 0 Å². The van der Waals surface area contributed by atoms with Crippen LogP contribution in [-0.4, -0.2) is 25.0 Å². The van der Waals surface area contributed by atoms with E-state index in [2.05, 4.69) is 46.5 Å². The maximum absolute atomic E-state index is 11.7. The molecule has 0 radical (unpaired) electrons. The highest BCUT2D eigenvalue weighted by Gasteiger charge is 2.05. The lowest BCUT2D eigenvalue weighted by Gasteiger charge is -2.13. The van der Waals surface area contributed by atoms with E-state index in [-0.39, 0.29) is 18.3 Å². The number of likely N-dealkylation sites (N-methyl/N-ethyl adjacent to an activating group) is 1. The largest absolute Gasteiger partial charge is 0.355 e. The molecule has 0 aliphatic carbocycles. The molecule has 0 saturated carbocycles. The minimum Gasteiger partial charge on any atom is -0.355 e. The Labute approximate surface area is 130 Å². The number of benzene rings is 1. The van der Waals surface area contributed by atoms with E-state index in [9.17, 15) is 4.79 Å². The number of carbonyl (C=O) groups is 1. The predicted molar refractivity (Wildman–Crippen MR) is 85.9 cm³/mol. The lowest BCUT2D eigenvalue weighted by atomic mass is 10.1. The Kier molecular flexibility index (Phi) is 9.92. The van der Waals surface area contributed by atoms with Gasteiger partial charge in [-0.3, -0.25) is 4.79 Å². The van der Waals surface area contributed by atoms with E-state index < -0.39 is 0 Å². The van der Waals surface area contributed by atoms with Gasteiger partial charge in [0, 0.05) is 23.5 Å². The zero-order valence-corrected chi connectivity index (χ0v) is 13.8. The Morgan fingerprint density at radius 2 is 2.16 bits per heavy atom. The maximum atomic E-state index is 11.7. The maximum Gasteiger partial charge on any atom is 0.220 e.